The molecule has 0 atom stereocenters. The molecule has 2 N–H and O–H groups in total. The van der Waals surface area contributed by atoms with Crippen LogP contribution in [0.3, 0.4) is 0 Å². The second kappa shape index (κ2) is 6.12. The molecule has 6 heteroatoms. The Bertz CT molecular complexity index is 661. The average molecular weight is 291 g/mol. The number of halogens is 1. The molecule has 2 rings (SSSR count). The van der Waals surface area contributed by atoms with Crippen molar-refractivity contribution in [1.29, 1.82) is 0 Å². The van der Waals surface area contributed by atoms with Gasteiger partial charge in [0, 0.05) is 16.8 Å². The fraction of sp³-hybridized carbons (Fsp3) is 0. The quantitative estimate of drug-likeness (QED) is 0.850. The highest BCUT2D eigenvalue weighted by Gasteiger charge is 2.12. The number of aromatic carboxylic acids is 1. The van der Waals surface area contributed by atoms with Crippen molar-refractivity contribution in [2.45, 2.75) is 0 Å². The van der Waals surface area contributed by atoms with Crippen LogP contribution in [0, 0.1) is 5.82 Å². The summed E-state index contributed by atoms with van der Waals surface area (Å²) < 4.78 is 12.7. The molecule has 0 aliphatic rings. The number of rotatable bonds is 4. The van der Waals surface area contributed by atoms with Gasteiger partial charge in [0.05, 0.1) is 11.3 Å². The van der Waals surface area contributed by atoms with Gasteiger partial charge in [-0.15, -0.1) is 11.3 Å². The normalized spacial score (nSPS) is 10.7. The van der Waals surface area contributed by atoms with Gasteiger partial charge in [0.1, 0.15) is 5.82 Å². The second-order valence-corrected chi connectivity index (χ2v) is 4.62. The van der Waals surface area contributed by atoms with E-state index in [0.717, 1.165) is 0 Å². The van der Waals surface area contributed by atoms with Crippen molar-refractivity contribution in [2.75, 3.05) is 5.32 Å². The van der Waals surface area contributed by atoms with E-state index in [4.69, 9.17) is 5.11 Å². The van der Waals surface area contributed by atoms with Gasteiger partial charge < -0.3 is 10.4 Å². The molecule has 20 heavy (non-hydrogen) atoms. The van der Waals surface area contributed by atoms with Gasteiger partial charge in [0.2, 0.25) is 5.91 Å². The van der Waals surface area contributed by atoms with Crippen molar-refractivity contribution >= 4 is 35.0 Å². The predicted octanol–water partition coefficient (Wildman–Crippen LogP) is 3.24. The summed E-state index contributed by atoms with van der Waals surface area (Å²) in [7, 11) is 0. The van der Waals surface area contributed by atoms with Gasteiger partial charge in [-0.25, -0.2) is 9.18 Å². The molecule has 0 bridgehead atoms. The minimum absolute atomic E-state index is 0.0542. The zero-order valence-corrected chi connectivity index (χ0v) is 11.0. The Morgan fingerprint density at radius 3 is 2.55 bits per heavy atom. The summed E-state index contributed by atoms with van der Waals surface area (Å²) in [5, 5.41) is 14.4. The summed E-state index contributed by atoms with van der Waals surface area (Å²) in [6.45, 7) is 0. The molecule has 1 aromatic carbocycles. The van der Waals surface area contributed by atoms with E-state index in [2.05, 4.69) is 5.32 Å². The summed E-state index contributed by atoms with van der Waals surface area (Å²) in [6.07, 6.45) is 2.78. The number of hydrogen-bond acceptors (Lipinski definition) is 3. The lowest BCUT2D eigenvalue weighted by molar-refractivity contribution is -0.111. The summed E-state index contributed by atoms with van der Waals surface area (Å²) in [5.41, 5.74) is 0.986. The lowest BCUT2D eigenvalue weighted by Gasteiger charge is -2.00. The Hall–Kier alpha value is -2.47. The van der Waals surface area contributed by atoms with E-state index in [1.165, 1.54) is 53.1 Å². The van der Waals surface area contributed by atoms with Crippen LogP contribution >= 0.6 is 11.3 Å². The SMILES string of the molecule is O=C(/C=C/c1ccc(F)cc1)Nc1cscc1C(=O)O. The van der Waals surface area contributed by atoms with Crippen molar-refractivity contribution in [3.05, 3.63) is 58.0 Å². The van der Waals surface area contributed by atoms with Crippen LogP contribution in [0.15, 0.2) is 41.1 Å². The molecule has 0 saturated carbocycles. The maximum Gasteiger partial charge on any atom is 0.338 e. The van der Waals surface area contributed by atoms with Gasteiger partial charge in [-0.3, -0.25) is 4.79 Å². The number of thiophene rings is 1. The highest BCUT2D eigenvalue weighted by atomic mass is 32.1. The molecular weight excluding hydrogens is 281 g/mol. The molecule has 2 aromatic rings. The van der Waals surface area contributed by atoms with E-state index in [1.807, 2.05) is 0 Å². The van der Waals surface area contributed by atoms with E-state index in [-0.39, 0.29) is 17.1 Å². The van der Waals surface area contributed by atoms with Crippen LogP contribution < -0.4 is 5.32 Å². The molecule has 102 valence electrons. The van der Waals surface area contributed by atoms with Gasteiger partial charge in [-0.1, -0.05) is 12.1 Å². The van der Waals surface area contributed by atoms with Gasteiger partial charge in [0.25, 0.3) is 0 Å². The zero-order chi connectivity index (χ0) is 14.5. The molecule has 0 fully saturated rings. The first-order valence-corrected chi connectivity index (χ1v) is 6.54. The number of hydrogen-bond donors (Lipinski definition) is 2. The third-order valence-corrected chi connectivity index (χ3v) is 3.19. The molecule has 0 saturated heterocycles. The number of nitrogens with one attached hydrogen (secondary N) is 1. The monoisotopic (exact) mass is 291 g/mol. The van der Waals surface area contributed by atoms with Gasteiger partial charge in [0.15, 0.2) is 0 Å². The second-order valence-electron chi connectivity index (χ2n) is 3.88. The molecule has 4 nitrogen and oxygen atoms in total. The lowest BCUT2D eigenvalue weighted by atomic mass is 10.2. The van der Waals surface area contributed by atoms with Crippen LogP contribution in [-0.2, 0) is 4.79 Å². The number of carboxylic acids is 1. The van der Waals surface area contributed by atoms with Crippen LogP contribution in [0.5, 0.6) is 0 Å². The summed E-state index contributed by atoms with van der Waals surface area (Å²) in [5.74, 6) is -1.89. The Kier molecular flexibility index (Phi) is 4.27. The van der Waals surface area contributed by atoms with Crippen LogP contribution in [-0.4, -0.2) is 17.0 Å². The zero-order valence-electron chi connectivity index (χ0n) is 10.2. The summed E-state index contributed by atoms with van der Waals surface area (Å²) in [4.78, 5) is 22.5. The first kappa shape index (κ1) is 14.0. The number of anilines is 1. The van der Waals surface area contributed by atoms with Crippen LogP contribution in [0.4, 0.5) is 10.1 Å². The van der Waals surface area contributed by atoms with E-state index in [9.17, 15) is 14.0 Å². The van der Waals surface area contributed by atoms with Crippen LogP contribution in [0.2, 0.25) is 0 Å². The summed E-state index contributed by atoms with van der Waals surface area (Å²) in [6, 6.07) is 5.65. The Balaban J connectivity index is 2.03. The third-order valence-electron chi connectivity index (χ3n) is 2.45. The average Bonchev–Trinajstić information content (AvgIpc) is 2.86. The number of carbonyl (C=O) groups is 2. The third kappa shape index (κ3) is 3.52. The Morgan fingerprint density at radius 2 is 1.90 bits per heavy atom. The van der Waals surface area contributed by atoms with E-state index < -0.39 is 11.9 Å². The van der Waals surface area contributed by atoms with Gasteiger partial charge in [-0.2, -0.15) is 0 Å². The molecular formula is C14H10FNO3S. The first-order valence-electron chi connectivity index (χ1n) is 5.60. The minimum Gasteiger partial charge on any atom is -0.478 e. The maximum atomic E-state index is 12.7. The topological polar surface area (TPSA) is 66.4 Å². The van der Waals surface area contributed by atoms with Crippen LogP contribution in [0.1, 0.15) is 15.9 Å². The molecule has 0 spiro atoms. The Labute approximate surface area is 118 Å². The molecule has 0 radical (unpaired) electrons. The van der Waals surface area contributed by atoms with Crippen molar-refractivity contribution < 1.29 is 19.1 Å². The predicted molar refractivity (Wildman–Crippen MR) is 75.3 cm³/mol. The molecule has 0 unspecified atom stereocenters. The fourth-order valence-electron chi connectivity index (χ4n) is 1.48. The van der Waals surface area contributed by atoms with Crippen molar-refractivity contribution in [3.8, 4) is 0 Å². The molecule has 0 aliphatic heterocycles. The van der Waals surface area contributed by atoms with Gasteiger partial charge in [-0.05, 0) is 23.8 Å². The largest absolute Gasteiger partial charge is 0.478 e. The number of carboxylic acid groups (broad SMARTS) is 1. The molecule has 1 amide bonds. The van der Waals surface area contributed by atoms with Crippen molar-refractivity contribution in [3.63, 3.8) is 0 Å². The van der Waals surface area contributed by atoms with Gasteiger partial charge >= 0.3 is 5.97 Å². The Morgan fingerprint density at radius 1 is 1.20 bits per heavy atom. The molecule has 1 heterocycles. The maximum absolute atomic E-state index is 12.7. The van der Waals surface area contributed by atoms with Crippen LogP contribution in [0.25, 0.3) is 6.08 Å². The highest BCUT2D eigenvalue weighted by Crippen LogP contribution is 2.20. The number of carbonyl (C=O) groups excluding carboxylic acids is 1. The lowest BCUT2D eigenvalue weighted by Crippen LogP contribution is -2.10. The molecule has 0 aliphatic carbocycles. The van der Waals surface area contributed by atoms with E-state index in [0.29, 0.717) is 5.56 Å². The number of amides is 1. The van der Waals surface area contributed by atoms with Crippen molar-refractivity contribution in [2.24, 2.45) is 0 Å². The van der Waals surface area contributed by atoms with E-state index >= 15 is 0 Å². The highest BCUT2D eigenvalue weighted by molar-refractivity contribution is 7.08. The fourth-order valence-corrected chi connectivity index (χ4v) is 2.23. The minimum atomic E-state index is -1.09. The summed E-state index contributed by atoms with van der Waals surface area (Å²) >= 11 is 1.19. The van der Waals surface area contributed by atoms with Crippen molar-refractivity contribution in [1.82, 2.24) is 0 Å². The van der Waals surface area contributed by atoms with E-state index in [1.54, 1.807) is 5.38 Å². The number of benzene rings is 1. The first-order chi connectivity index (χ1) is 9.56. The standard InChI is InChI=1S/C14H10FNO3S/c15-10-4-1-9(2-5-10)3-6-13(17)16-12-8-20-7-11(12)14(18)19/h1-8H,(H,16,17)(H,18,19)/b6-3+. The molecule has 1 aromatic heterocycles. The smallest absolute Gasteiger partial charge is 0.338 e.